The van der Waals surface area contributed by atoms with Crippen molar-refractivity contribution in [2.75, 3.05) is 38.6 Å². The van der Waals surface area contributed by atoms with Crippen LogP contribution in [0, 0.1) is 10.1 Å². The lowest BCUT2D eigenvalue weighted by molar-refractivity contribution is -0.385. The van der Waals surface area contributed by atoms with Gasteiger partial charge in [0.05, 0.1) is 18.1 Å². The summed E-state index contributed by atoms with van der Waals surface area (Å²) in [6, 6.07) is 0. The molecule has 0 aromatic carbocycles. The van der Waals surface area contributed by atoms with E-state index in [2.05, 4.69) is 14.9 Å². The summed E-state index contributed by atoms with van der Waals surface area (Å²) in [6.45, 7) is 4.45. The fourth-order valence-corrected chi connectivity index (χ4v) is 2.36. The van der Waals surface area contributed by atoms with Crippen molar-refractivity contribution in [2.45, 2.75) is 5.16 Å². The molecule has 1 aromatic rings. The maximum absolute atomic E-state index is 10.4. The smallest absolute Gasteiger partial charge is 0.305 e. The third-order valence-corrected chi connectivity index (χ3v) is 3.42. The summed E-state index contributed by atoms with van der Waals surface area (Å²) in [5.41, 5.74) is -0.0764. The fraction of sp³-hybridized carbons (Fsp3) is 0.600. The molecule has 0 amide bonds. The molecule has 0 aliphatic carbocycles. The normalized spacial score (nSPS) is 16.7. The highest BCUT2D eigenvalue weighted by molar-refractivity contribution is 7.99. The van der Waals surface area contributed by atoms with E-state index in [1.165, 1.54) is 24.2 Å². The molecule has 2 rings (SSSR count). The molecule has 0 radical (unpaired) electrons. The van der Waals surface area contributed by atoms with Crippen molar-refractivity contribution in [2.24, 2.45) is 0 Å². The van der Waals surface area contributed by atoms with E-state index >= 15 is 0 Å². The van der Waals surface area contributed by atoms with Gasteiger partial charge in [-0.15, -0.1) is 0 Å². The Morgan fingerprint density at radius 1 is 1.39 bits per heavy atom. The highest BCUT2D eigenvalue weighted by atomic mass is 32.2. The van der Waals surface area contributed by atoms with Crippen LogP contribution in [0.4, 0.5) is 5.69 Å². The van der Waals surface area contributed by atoms with Crippen LogP contribution in [0.25, 0.3) is 0 Å². The van der Waals surface area contributed by atoms with Gasteiger partial charge in [0.1, 0.15) is 12.4 Å². The van der Waals surface area contributed by atoms with E-state index in [0.29, 0.717) is 5.16 Å². The lowest BCUT2D eigenvalue weighted by atomic mass is 10.4. The van der Waals surface area contributed by atoms with Gasteiger partial charge in [-0.25, -0.2) is 9.97 Å². The molecule has 98 valence electrons. The van der Waals surface area contributed by atoms with Gasteiger partial charge in [0.15, 0.2) is 5.16 Å². The molecule has 0 saturated carbocycles. The minimum atomic E-state index is -0.498. The van der Waals surface area contributed by atoms with Gasteiger partial charge in [0.25, 0.3) is 0 Å². The average Bonchev–Trinajstić information content (AvgIpc) is 2.40. The molecule has 0 spiro atoms. The number of hydrogen-bond acceptors (Lipinski definition) is 7. The second-order valence-electron chi connectivity index (χ2n) is 3.78. The number of thioether (sulfide) groups is 1. The Morgan fingerprint density at radius 3 is 2.67 bits per heavy atom. The van der Waals surface area contributed by atoms with Crippen LogP contribution in [0.3, 0.4) is 0 Å². The van der Waals surface area contributed by atoms with Crippen LogP contribution in [-0.4, -0.2) is 58.4 Å². The summed E-state index contributed by atoms with van der Waals surface area (Å²) >= 11 is 1.51. The maximum atomic E-state index is 10.4. The Morgan fingerprint density at radius 2 is 2.06 bits per heavy atom. The van der Waals surface area contributed by atoms with Crippen LogP contribution >= 0.6 is 11.8 Å². The van der Waals surface area contributed by atoms with Crippen molar-refractivity contribution in [1.82, 2.24) is 14.9 Å². The first-order chi connectivity index (χ1) is 8.75. The highest BCUT2D eigenvalue weighted by Gasteiger charge is 2.11. The van der Waals surface area contributed by atoms with E-state index in [-0.39, 0.29) is 5.69 Å². The van der Waals surface area contributed by atoms with Crippen LogP contribution in [0.1, 0.15) is 0 Å². The first-order valence-electron chi connectivity index (χ1n) is 5.65. The zero-order valence-electron chi connectivity index (χ0n) is 9.82. The van der Waals surface area contributed by atoms with Crippen molar-refractivity contribution in [1.29, 1.82) is 0 Å². The van der Waals surface area contributed by atoms with Gasteiger partial charge < -0.3 is 4.74 Å². The van der Waals surface area contributed by atoms with Crippen LogP contribution < -0.4 is 0 Å². The number of nitro groups is 1. The third-order valence-electron chi connectivity index (χ3n) is 2.57. The van der Waals surface area contributed by atoms with E-state index in [1.54, 1.807) is 0 Å². The SMILES string of the molecule is O=[N+]([O-])c1cnc(SCCN2CCOCC2)nc1. The minimum absolute atomic E-state index is 0.0764. The van der Waals surface area contributed by atoms with Crippen molar-refractivity contribution in [3.05, 3.63) is 22.5 Å². The second kappa shape index (κ2) is 6.62. The zero-order chi connectivity index (χ0) is 12.8. The van der Waals surface area contributed by atoms with E-state index in [4.69, 9.17) is 4.74 Å². The molecule has 18 heavy (non-hydrogen) atoms. The zero-order valence-corrected chi connectivity index (χ0v) is 10.6. The minimum Gasteiger partial charge on any atom is -0.379 e. The number of hydrogen-bond donors (Lipinski definition) is 0. The van der Waals surface area contributed by atoms with Crippen LogP contribution in [0.15, 0.2) is 17.6 Å². The summed E-state index contributed by atoms with van der Waals surface area (Å²) in [5, 5.41) is 11.0. The molecule has 0 unspecified atom stereocenters. The number of morpholine rings is 1. The van der Waals surface area contributed by atoms with Gasteiger partial charge in [-0.2, -0.15) is 0 Å². The lowest BCUT2D eigenvalue weighted by Gasteiger charge is -2.26. The molecular formula is C10H14N4O3S. The topological polar surface area (TPSA) is 81.4 Å². The molecule has 2 heterocycles. The van der Waals surface area contributed by atoms with Gasteiger partial charge >= 0.3 is 5.69 Å². The molecule has 1 aliphatic heterocycles. The molecule has 1 saturated heterocycles. The fourth-order valence-electron chi connectivity index (χ4n) is 1.57. The number of aromatic nitrogens is 2. The van der Waals surface area contributed by atoms with Gasteiger partial charge in [0.2, 0.25) is 0 Å². The number of ether oxygens (including phenoxy) is 1. The Bertz CT molecular complexity index is 395. The Balaban J connectivity index is 1.74. The van der Waals surface area contributed by atoms with Gasteiger partial charge in [-0.3, -0.25) is 15.0 Å². The summed E-state index contributed by atoms with van der Waals surface area (Å²) in [5.74, 6) is 0.873. The molecule has 1 fully saturated rings. The Labute approximate surface area is 109 Å². The lowest BCUT2D eigenvalue weighted by Crippen LogP contribution is -2.37. The van der Waals surface area contributed by atoms with E-state index in [0.717, 1.165) is 38.6 Å². The second-order valence-corrected chi connectivity index (χ2v) is 4.85. The molecule has 0 bridgehead atoms. The molecule has 0 atom stereocenters. The number of rotatable bonds is 5. The summed E-state index contributed by atoms with van der Waals surface area (Å²) < 4.78 is 5.26. The summed E-state index contributed by atoms with van der Waals surface area (Å²) in [7, 11) is 0. The monoisotopic (exact) mass is 270 g/mol. The standard InChI is InChI=1S/C10H14N4O3S/c15-14(16)9-7-11-10(12-8-9)18-6-3-13-1-4-17-5-2-13/h7-8H,1-6H2. The molecule has 1 aliphatic rings. The average molecular weight is 270 g/mol. The van der Waals surface area contributed by atoms with Crippen molar-refractivity contribution in [3.8, 4) is 0 Å². The third kappa shape index (κ3) is 3.90. The Kier molecular flexibility index (Phi) is 4.85. The predicted octanol–water partition coefficient (Wildman–Crippen LogP) is 0.809. The van der Waals surface area contributed by atoms with Crippen molar-refractivity contribution >= 4 is 17.4 Å². The van der Waals surface area contributed by atoms with Gasteiger partial charge in [0, 0.05) is 25.4 Å². The van der Waals surface area contributed by atoms with E-state index < -0.39 is 4.92 Å². The summed E-state index contributed by atoms with van der Waals surface area (Å²) in [6.07, 6.45) is 2.48. The van der Waals surface area contributed by atoms with E-state index in [9.17, 15) is 10.1 Å². The molecule has 8 heteroatoms. The molecule has 0 N–H and O–H groups in total. The predicted molar refractivity (Wildman–Crippen MR) is 66.7 cm³/mol. The number of nitrogens with zero attached hydrogens (tertiary/aromatic N) is 4. The molecule has 1 aromatic heterocycles. The van der Waals surface area contributed by atoms with Crippen LogP contribution in [0.5, 0.6) is 0 Å². The largest absolute Gasteiger partial charge is 0.379 e. The maximum Gasteiger partial charge on any atom is 0.305 e. The first-order valence-corrected chi connectivity index (χ1v) is 6.63. The van der Waals surface area contributed by atoms with Crippen LogP contribution in [-0.2, 0) is 4.74 Å². The van der Waals surface area contributed by atoms with Crippen LogP contribution in [0.2, 0.25) is 0 Å². The quantitative estimate of drug-likeness (QED) is 0.339. The van der Waals surface area contributed by atoms with Gasteiger partial charge in [-0.05, 0) is 0 Å². The Hall–Kier alpha value is -1.25. The molecular weight excluding hydrogens is 256 g/mol. The van der Waals surface area contributed by atoms with Gasteiger partial charge in [-0.1, -0.05) is 11.8 Å². The van der Waals surface area contributed by atoms with Crippen molar-refractivity contribution in [3.63, 3.8) is 0 Å². The van der Waals surface area contributed by atoms with E-state index in [1.807, 2.05) is 0 Å². The summed E-state index contributed by atoms with van der Waals surface area (Å²) in [4.78, 5) is 20.2. The first kappa shape index (κ1) is 13.2. The van der Waals surface area contributed by atoms with Crippen molar-refractivity contribution < 1.29 is 9.66 Å². The molecule has 7 nitrogen and oxygen atoms in total. The highest BCUT2D eigenvalue weighted by Crippen LogP contribution is 2.15.